The Kier molecular flexibility index (Phi) is 5.21. The monoisotopic (exact) mass is 510 g/mol. The van der Waals surface area contributed by atoms with Crippen LogP contribution in [0.25, 0.3) is 6.08 Å². The second-order valence-electron chi connectivity index (χ2n) is 5.46. The first-order valence-corrected chi connectivity index (χ1v) is 8.30. The van der Waals surface area contributed by atoms with Gasteiger partial charge in [-0.2, -0.15) is 26.3 Å². The highest BCUT2D eigenvalue weighted by Crippen LogP contribution is 2.69. The molecular formula is C15H7Br2F7O2. The van der Waals surface area contributed by atoms with Gasteiger partial charge in [0.05, 0.1) is 9.81 Å². The molecule has 1 aromatic carbocycles. The van der Waals surface area contributed by atoms with E-state index in [1.165, 1.54) is 24.3 Å². The number of rotatable bonds is 5. The van der Waals surface area contributed by atoms with Gasteiger partial charge < -0.3 is 0 Å². The Morgan fingerprint density at radius 1 is 0.923 bits per heavy atom. The van der Waals surface area contributed by atoms with Crippen LogP contribution in [0, 0.1) is 0 Å². The van der Waals surface area contributed by atoms with Gasteiger partial charge in [0.25, 0.3) is 0 Å². The topological polar surface area (TPSA) is 34.1 Å². The van der Waals surface area contributed by atoms with Gasteiger partial charge in [0.1, 0.15) is 0 Å². The van der Waals surface area contributed by atoms with Crippen LogP contribution in [0.15, 0.2) is 27.7 Å². The molecule has 1 aromatic rings. The van der Waals surface area contributed by atoms with Gasteiger partial charge >= 0.3 is 23.4 Å². The molecular weight excluding hydrogens is 505 g/mol. The van der Waals surface area contributed by atoms with Crippen molar-refractivity contribution in [1.82, 2.24) is 0 Å². The summed E-state index contributed by atoms with van der Waals surface area (Å²) >= 11 is 6.09. The minimum Gasteiger partial charge on any atom is -0.295 e. The highest BCUT2D eigenvalue weighted by atomic mass is 79.9. The molecule has 0 spiro atoms. The third kappa shape index (κ3) is 2.74. The molecule has 0 bridgehead atoms. The Bertz CT molecular complexity index is 783. The number of carbonyl (C=O) groups excluding carboxylic acids is 2. The number of hydrogen-bond acceptors (Lipinski definition) is 2. The minimum absolute atomic E-state index is 0.269. The van der Waals surface area contributed by atoms with E-state index in [-0.39, 0.29) is 5.56 Å². The van der Waals surface area contributed by atoms with Gasteiger partial charge in [0.15, 0.2) is 11.6 Å². The van der Waals surface area contributed by atoms with Crippen LogP contribution < -0.4 is 0 Å². The van der Waals surface area contributed by atoms with Crippen LogP contribution in [0.1, 0.15) is 22.3 Å². The average molecular weight is 512 g/mol. The Labute approximate surface area is 158 Å². The largest absolute Gasteiger partial charge is 0.380 e. The molecule has 0 aromatic heterocycles. The van der Waals surface area contributed by atoms with Gasteiger partial charge in [-0.1, -0.05) is 18.2 Å². The lowest BCUT2D eigenvalue weighted by atomic mass is 9.66. The van der Waals surface area contributed by atoms with Crippen molar-refractivity contribution >= 4 is 49.5 Å². The molecule has 0 saturated heterocycles. The molecule has 142 valence electrons. The fourth-order valence-corrected chi connectivity index (χ4v) is 2.94. The molecule has 11 heteroatoms. The van der Waals surface area contributed by atoms with E-state index in [0.29, 0.717) is 8.96 Å². The van der Waals surface area contributed by atoms with Crippen molar-refractivity contribution in [2.75, 3.05) is 0 Å². The van der Waals surface area contributed by atoms with Crippen molar-refractivity contribution < 1.29 is 40.3 Å². The molecule has 0 aliphatic heterocycles. The van der Waals surface area contributed by atoms with Crippen molar-refractivity contribution in [2.24, 2.45) is 0 Å². The van der Waals surface area contributed by atoms with Crippen molar-refractivity contribution in [1.29, 1.82) is 0 Å². The zero-order chi connectivity index (χ0) is 20.1. The van der Waals surface area contributed by atoms with Crippen molar-refractivity contribution in [3.05, 3.63) is 38.8 Å². The first-order valence-electron chi connectivity index (χ1n) is 6.71. The summed E-state index contributed by atoms with van der Waals surface area (Å²) in [6, 6.07) is 5.14. The molecule has 0 heterocycles. The van der Waals surface area contributed by atoms with Crippen LogP contribution in [0.4, 0.5) is 30.7 Å². The van der Waals surface area contributed by atoms with E-state index in [4.69, 9.17) is 0 Å². The maximum absolute atomic E-state index is 14.0. The zero-order valence-electron chi connectivity index (χ0n) is 12.3. The standard InChI is InChI=1S/C15H7Br2F7O2/c16-11(17)5-7-2-1-3-8(4-7)9(25)6-10(26)12(18)13(19,20)15(23,24)14(12,21)22/h1-5H,6H2. The third-order valence-corrected chi connectivity index (χ3v) is 4.30. The Morgan fingerprint density at radius 2 is 1.46 bits per heavy atom. The first kappa shape index (κ1) is 21.1. The molecule has 0 atom stereocenters. The Hall–Kier alpha value is -1.23. The molecule has 26 heavy (non-hydrogen) atoms. The van der Waals surface area contributed by atoms with Gasteiger partial charge in [-0.3, -0.25) is 9.59 Å². The normalized spacial score (nSPS) is 21.4. The molecule has 2 rings (SSSR count). The SMILES string of the molecule is O=C(CC(=O)C1(F)C(F)(F)C(F)(F)C1(F)F)c1cccc(C=C(Br)Br)c1. The van der Waals surface area contributed by atoms with E-state index < -0.39 is 41.4 Å². The second kappa shape index (κ2) is 6.43. The highest BCUT2D eigenvalue weighted by Gasteiger charge is 3.02. The van der Waals surface area contributed by atoms with Crippen LogP contribution in [0.5, 0.6) is 0 Å². The van der Waals surface area contributed by atoms with E-state index >= 15 is 0 Å². The van der Waals surface area contributed by atoms with Crippen molar-refractivity contribution in [3.8, 4) is 0 Å². The summed E-state index contributed by atoms with van der Waals surface area (Å²) in [5.41, 5.74) is -5.32. The minimum atomic E-state index is -6.03. The summed E-state index contributed by atoms with van der Waals surface area (Å²) in [7, 11) is 0. The maximum Gasteiger partial charge on any atom is 0.380 e. The molecule has 1 aliphatic rings. The summed E-state index contributed by atoms with van der Waals surface area (Å²) in [6.45, 7) is 0. The number of carbonyl (C=O) groups is 2. The summed E-state index contributed by atoms with van der Waals surface area (Å²) in [4.78, 5) is 23.6. The molecule has 0 unspecified atom stereocenters. The average Bonchev–Trinajstić information content (AvgIpc) is 2.52. The predicted molar refractivity (Wildman–Crippen MR) is 84.9 cm³/mol. The van der Waals surface area contributed by atoms with Gasteiger partial charge in [0, 0.05) is 5.56 Å². The molecule has 2 nitrogen and oxygen atoms in total. The van der Waals surface area contributed by atoms with E-state index in [2.05, 4.69) is 31.9 Å². The van der Waals surface area contributed by atoms with Crippen molar-refractivity contribution in [2.45, 2.75) is 29.9 Å². The molecule has 1 aliphatic carbocycles. The highest BCUT2D eigenvalue weighted by molar-refractivity contribution is 9.28. The summed E-state index contributed by atoms with van der Waals surface area (Å²) in [6.07, 6.45) is -0.259. The Morgan fingerprint density at radius 3 is 1.96 bits per heavy atom. The summed E-state index contributed by atoms with van der Waals surface area (Å²) in [5, 5.41) is 0. The quantitative estimate of drug-likeness (QED) is 0.295. The van der Waals surface area contributed by atoms with Crippen molar-refractivity contribution in [3.63, 3.8) is 0 Å². The Balaban J connectivity index is 2.28. The van der Waals surface area contributed by atoms with Crippen LogP contribution >= 0.6 is 31.9 Å². The van der Waals surface area contributed by atoms with Crippen LogP contribution in [-0.4, -0.2) is 35.0 Å². The van der Waals surface area contributed by atoms with Gasteiger partial charge in [-0.05, 0) is 49.6 Å². The zero-order valence-corrected chi connectivity index (χ0v) is 15.5. The number of halogens is 9. The number of hydrogen-bond donors (Lipinski definition) is 0. The van der Waals surface area contributed by atoms with Crippen LogP contribution in [0.3, 0.4) is 0 Å². The van der Waals surface area contributed by atoms with E-state index in [1.807, 2.05) is 0 Å². The second-order valence-corrected chi connectivity index (χ2v) is 8.24. The van der Waals surface area contributed by atoms with Gasteiger partial charge in [0.2, 0.25) is 0 Å². The predicted octanol–water partition coefficient (Wildman–Crippen LogP) is 5.54. The van der Waals surface area contributed by atoms with Gasteiger partial charge in [-0.15, -0.1) is 0 Å². The van der Waals surface area contributed by atoms with E-state index in [9.17, 15) is 40.3 Å². The van der Waals surface area contributed by atoms with Crippen LogP contribution in [0.2, 0.25) is 0 Å². The molecule has 0 N–H and O–H groups in total. The van der Waals surface area contributed by atoms with Crippen LogP contribution in [-0.2, 0) is 4.79 Å². The lowest BCUT2D eigenvalue weighted by molar-refractivity contribution is -0.457. The van der Waals surface area contributed by atoms with E-state index in [0.717, 1.165) is 6.07 Å². The molecule has 1 fully saturated rings. The fraction of sp³-hybridized carbons (Fsp3) is 0.333. The number of Topliss-reactive ketones (excluding diaryl/α,β-unsaturated/α-hetero) is 2. The molecule has 1 saturated carbocycles. The first-order chi connectivity index (χ1) is 11.7. The molecule has 0 radical (unpaired) electrons. The maximum atomic E-state index is 14.0. The number of benzene rings is 1. The van der Waals surface area contributed by atoms with Gasteiger partial charge in [-0.25, -0.2) is 4.39 Å². The van der Waals surface area contributed by atoms with E-state index in [1.54, 1.807) is 0 Å². The lowest BCUT2D eigenvalue weighted by Gasteiger charge is -2.52. The number of alkyl halides is 7. The smallest absolute Gasteiger partial charge is 0.295 e. The molecule has 0 amide bonds. The summed E-state index contributed by atoms with van der Waals surface area (Å²) < 4.78 is 92.9. The fourth-order valence-electron chi connectivity index (χ4n) is 2.41. The lowest BCUT2D eigenvalue weighted by Crippen LogP contribution is -2.86. The number of ketones is 2. The summed E-state index contributed by atoms with van der Waals surface area (Å²) in [5.74, 6) is -21.8. The third-order valence-electron chi connectivity index (χ3n) is 3.84.